The van der Waals surface area contributed by atoms with Gasteiger partial charge in [0.15, 0.2) is 0 Å². The average molecular weight is 509 g/mol. The van der Waals surface area contributed by atoms with Crippen molar-refractivity contribution in [3.63, 3.8) is 0 Å². The molecule has 0 bridgehead atoms. The lowest BCUT2D eigenvalue weighted by molar-refractivity contribution is 0.472. The van der Waals surface area contributed by atoms with Crippen LogP contribution in [0.5, 0.6) is 11.6 Å². The van der Waals surface area contributed by atoms with Crippen molar-refractivity contribution in [3.8, 4) is 22.2 Å². The second kappa shape index (κ2) is 10.5. The molecular formula is C29H28N6OS. The van der Waals surface area contributed by atoms with E-state index in [9.17, 15) is 0 Å². The normalized spacial score (nSPS) is 15.4. The molecule has 0 aliphatic carbocycles. The maximum absolute atomic E-state index is 6.47. The smallest absolute Gasteiger partial charge is 0.240 e. The number of aromatic nitrogens is 3. The molecule has 37 heavy (non-hydrogen) atoms. The van der Waals surface area contributed by atoms with Gasteiger partial charge in [-0.05, 0) is 56.6 Å². The number of rotatable bonds is 7. The number of hydrogen-bond donors (Lipinski definition) is 3. The van der Waals surface area contributed by atoms with E-state index >= 15 is 0 Å². The van der Waals surface area contributed by atoms with Crippen LogP contribution in [0.1, 0.15) is 17.8 Å². The molecule has 1 aliphatic rings. The number of para-hydroxylation sites is 1. The van der Waals surface area contributed by atoms with Gasteiger partial charge in [-0.15, -0.1) is 11.3 Å². The summed E-state index contributed by atoms with van der Waals surface area (Å²) in [5.74, 6) is 1.94. The number of nitrogens with one attached hydrogen (secondary N) is 3. The molecule has 6 rings (SSSR count). The molecule has 186 valence electrons. The van der Waals surface area contributed by atoms with E-state index in [4.69, 9.17) is 14.7 Å². The lowest BCUT2D eigenvalue weighted by Crippen LogP contribution is -2.38. The Morgan fingerprint density at radius 2 is 1.78 bits per heavy atom. The summed E-state index contributed by atoms with van der Waals surface area (Å²) in [7, 11) is 0. The fourth-order valence-electron chi connectivity index (χ4n) is 4.60. The highest BCUT2D eigenvalue weighted by Gasteiger charge is 2.19. The minimum Gasteiger partial charge on any atom is -0.437 e. The van der Waals surface area contributed by atoms with Crippen molar-refractivity contribution >= 4 is 39.4 Å². The predicted octanol–water partition coefficient (Wildman–Crippen LogP) is 6.76. The number of ether oxygens (including phenoxy) is 1. The second-order valence-corrected chi connectivity index (χ2v) is 10.3. The highest BCUT2D eigenvalue weighted by molar-refractivity contribution is 7.15. The van der Waals surface area contributed by atoms with Gasteiger partial charge in [0.25, 0.3) is 0 Å². The number of anilines is 3. The Labute approximate surface area is 220 Å². The van der Waals surface area contributed by atoms with Gasteiger partial charge >= 0.3 is 0 Å². The zero-order valence-electron chi connectivity index (χ0n) is 20.6. The number of piperidine rings is 1. The van der Waals surface area contributed by atoms with Gasteiger partial charge in [0.1, 0.15) is 10.6 Å². The minimum atomic E-state index is 0.331. The van der Waals surface area contributed by atoms with E-state index in [0.29, 0.717) is 17.9 Å². The van der Waals surface area contributed by atoms with E-state index < -0.39 is 0 Å². The van der Waals surface area contributed by atoms with E-state index in [1.807, 2.05) is 49.4 Å². The molecule has 0 spiro atoms. The monoisotopic (exact) mass is 508 g/mol. The quantitative estimate of drug-likeness (QED) is 0.224. The first-order chi connectivity index (χ1) is 18.2. The Kier molecular flexibility index (Phi) is 6.66. The summed E-state index contributed by atoms with van der Waals surface area (Å²) in [5.41, 5.74) is 2.86. The average Bonchev–Trinajstić information content (AvgIpc) is 3.31. The van der Waals surface area contributed by atoms with Crippen LogP contribution in [0.2, 0.25) is 0 Å². The van der Waals surface area contributed by atoms with E-state index in [-0.39, 0.29) is 0 Å². The first kappa shape index (κ1) is 23.4. The van der Waals surface area contributed by atoms with E-state index in [1.54, 1.807) is 17.5 Å². The highest BCUT2D eigenvalue weighted by atomic mass is 32.1. The number of hydrogen-bond acceptors (Lipinski definition) is 8. The van der Waals surface area contributed by atoms with Gasteiger partial charge < -0.3 is 20.7 Å². The van der Waals surface area contributed by atoms with Crippen molar-refractivity contribution in [2.75, 3.05) is 23.7 Å². The van der Waals surface area contributed by atoms with Crippen molar-refractivity contribution in [1.82, 2.24) is 20.3 Å². The third-order valence-electron chi connectivity index (χ3n) is 6.36. The first-order valence-corrected chi connectivity index (χ1v) is 13.3. The minimum absolute atomic E-state index is 0.331. The molecular weight excluding hydrogens is 480 g/mol. The molecule has 0 saturated carbocycles. The molecule has 0 radical (unpaired) electrons. The van der Waals surface area contributed by atoms with Gasteiger partial charge in [-0.3, -0.25) is 0 Å². The van der Waals surface area contributed by atoms with Crippen LogP contribution in [0.15, 0.2) is 79.0 Å². The van der Waals surface area contributed by atoms with Crippen LogP contribution < -0.4 is 20.7 Å². The summed E-state index contributed by atoms with van der Waals surface area (Å²) < 4.78 is 6.47. The molecule has 1 fully saturated rings. The summed E-state index contributed by atoms with van der Waals surface area (Å²) in [6.07, 6.45) is 4.05. The van der Waals surface area contributed by atoms with Crippen LogP contribution in [0.3, 0.4) is 0 Å². The lowest BCUT2D eigenvalue weighted by Gasteiger charge is -2.23. The molecule has 1 atom stereocenters. The lowest BCUT2D eigenvalue weighted by atomic mass is 10.1. The van der Waals surface area contributed by atoms with Gasteiger partial charge in [-0.2, -0.15) is 0 Å². The van der Waals surface area contributed by atoms with Crippen LogP contribution in [0.4, 0.5) is 17.3 Å². The number of fused-ring (bicyclic) bond motifs is 1. The summed E-state index contributed by atoms with van der Waals surface area (Å²) in [6.45, 7) is 3.97. The Morgan fingerprint density at radius 1 is 0.946 bits per heavy atom. The van der Waals surface area contributed by atoms with Crippen LogP contribution in [0, 0.1) is 6.92 Å². The van der Waals surface area contributed by atoms with Crippen LogP contribution >= 0.6 is 11.3 Å². The second-order valence-electron chi connectivity index (χ2n) is 9.07. The maximum Gasteiger partial charge on any atom is 0.240 e. The third-order valence-corrected chi connectivity index (χ3v) is 7.34. The zero-order valence-corrected chi connectivity index (χ0v) is 21.4. The fraction of sp³-hybridized carbons (Fsp3) is 0.207. The van der Waals surface area contributed by atoms with Crippen LogP contribution in [-0.4, -0.2) is 34.1 Å². The largest absolute Gasteiger partial charge is 0.437 e. The Bertz CT molecular complexity index is 1510. The Morgan fingerprint density at radius 3 is 2.62 bits per heavy atom. The summed E-state index contributed by atoms with van der Waals surface area (Å²) in [5, 5.41) is 13.4. The van der Waals surface area contributed by atoms with Gasteiger partial charge in [-0.25, -0.2) is 15.0 Å². The molecule has 3 N–H and O–H groups in total. The third kappa shape index (κ3) is 5.26. The van der Waals surface area contributed by atoms with E-state index in [2.05, 4.69) is 51.3 Å². The topological polar surface area (TPSA) is 84.0 Å². The van der Waals surface area contributed by atoms with Crippen LogP contribution in [0.25, 0.3) is 21.3 Å². The maximum atomic E-state index is 6.47. The molecule has 3 heterocycles. The van der Waals surface area contributed by atoms with Gasteiger partial charge in [0.05, 0.1) is 10.7 Å². The number of thiazole rings is 1. The molecule has 5 aromatic rings. The van der Waals surface area contributed by atoms with E-state index in [1.165, 1.54) is 0 Å². The van der Waals surface area contributed by atoms with Crippen molar-refractivity contribution in [2.24, 2.45) is 0 Å². The number of benzene rings is 3. The number of nitrogens with zero attached hydrogens (tertiary/aromatic N) is 3. The fourth-order valence-corrected chi connectivity index (χ4v) is 5.42. The highest BCUT2D eigenvalue weighted by Crippen LogP contribution is 2.40. The molecule has 0 amide bonds. The first-order valence-electron chi connectivity index (χ1n) is 12.5. The van der Waals surface area contributed by atoms with E-state index in [0.717, 1.165) is 69.4 Å². The zero-order chi connectivity index (χ0) is 25.0. The van der Waals surface area contributed by atoms with Gasteiger partial charge in [0, 0.05) is 40.9 Å². The molecule has 1 unspecified atom stereocenters. The van der Waals surface area contributed by atoms with Crippen molar-refractivity contribution in [2.45, 2.75) is 25.8 Å². The van der Waals surface area contributed by atoms with Crippen molar-refractivity contribution in [3.05, 3.63) is 84.0 Å². The summed E-state index contributed by atoms with van der Waals surface area (Å²) >= 11 is 1.57. The van der Waals surface area contributed by atoms with Crippen molar-refractivity contribution < 1.29 is 4.74 Å². The number of aryl methyl sites for hydroxylation is 1. The molecule has 1 saturated heterocycles. The molecule has 2 aromatic heterocycles. The standard InChI is InChI=1S/C29H28N6OS/c1-19-32-28(27(37-19)25-15-17-31-29(35-25)34-21-10-7-16-30-18-21)36-26-14-13-24(22-11-5-6-12-23(22)26)33-20-8-3-2-4-9-20/h2-6,8-9,11-15,17,21,30,33H,7,10,16,18H2,1H3,(H,31,34,35). The van der Waals surface area contributed by atoms with Crippen LogP contribution in [-0.2, 0) is 0 Å². The Hall–Kier alpha value is -4.01. The molecule has 7 nitrogen and oxygen atoms in total. The summed E-state index contributed by atoms with van der Waals surface area (Å²) in [4.78, 5) is 14.9. The Balaban J connectivity index is 1.30. The van der Waals surface area contributed by atoms with Gasteiger partial charge in [-0.1, -0.05) is 42.5 Å². The molecule has 1 aliphatic heterocycles. The summed E-state index contributed by atoms with van der Waals surface area (Å²) in [6, 6.07) is 24.7. The molecule has 8 heteroatoms. The molecule has 3 aromatic carbocycles. The predicted molar refractivity (Wildman–Crippen MR) is 151 cm³/mol. The SMILES string of the molecule is Cc1nc(Oc2ccc(Nc3ccccc3)c3ccccc23)c(-c2ccnc(NC3CCCNC3)n2)s1. The van der Waals surface area contributed by atoms with Gasteiger partial charge in [0.2, 0.25) is 11.8 Å². The van der Waals surface area contributed by atoms with Crippen molar-refractivity contribution in [1.29, 1.82) is 0 Å².